The second kappa shape index (κ2) is 9.78. The third-order valence-electron chi connectivity index (χ3n) is 5.56. The van der Waals surface area contributed by atoms with E-state index in [1.54, 1.807) is 24.2 Å². The number of amides is 1. The lowest BCUT2D eigenvalue weighted by atomic mass is 9.74. The van der Waals surface area contributed by atoms with Gasteiger partial charge in [-0.25, -0.2) is 8.78 Å². The molecule has 1 aromatic carbocycles. The first-order valence-corrected chi connectivity index (χ1v) is 10.2. The predicted octanol–water partition coefficient (Wildman–Crippen LogP) is 3.71. The van der Waals surface area contributed by atoms with Crippen LogP contribution in [-0.2, 0) is 27.2 Å². The number of aryl methyl sites for hydroxylation is 1. The molecule has 2 aromatic rings. The lowest BCUT2D eigenvalue weighted by Gasteiger charge is -2.41. The van der Waals surface area contributed by atoms with E-state index in [9.17, 15) is 18.4 Å². The van der Waals surface area contributed by atoms with Crippen molar-refractivity contribution >= 4 is 11.9 Å². The van der Waals surface area contributed by atoms with Crippen LogP contribution in [0.5, 0.6) is 0 Å². The molecule has 0 saturated carbocycles. The highest BCUT2D eigenvalue weighted by molar-refractivity contribution is 5.81. The number of carbonyl (C=O) groups excluding carboxylic acids is 2. The van der Waals surface area contributed by atoms with Crippen LogP contribution in [-0.4, -0.2) is 41.5 Å². The van der Waals surface area contributed by atoms with Crippen molar-refractivity contribution in [2.24, 2.45) is 5.41 Å². The van der Waals surface area contributed by atoms with Crippen LogP contribution in [0.1, 0.15) is 37.3 Å². The number of hydrogen-bond acceptors (Lipinski definition) is 4. The molecule has 0 spiro atoms. The van der Waals surface area contributed by atoms with E-state index in [0.29, 0.717) is 32.2 Å². The second-order valence-electron chi connectivity index (χ2n) is 7.69. The molecular formula is C23H26F2N2O3. The third kappa shape index (κ3) is 5.20. The maximum absolute atomic E-state index is 14.3. The van der Waals surface area contributed by atoms with E-state index in [-0.39, 0.29) is 31.0 Å². The summed E-state index contributed by atoms with van der Waals surface area (Å²) in [6.07, 6.45) is 5.42. The van der Waals surface area contributed by atoms with Crippen molar-refractivity contribution in [3.8, 4) is 0 Å². The molecule has 160 valence electrons. The van der Waals surface area contributed by atoms with Gasteiger partial charge in [0.25, 0.3) is 0 Å². The van der Waals surface area contributed by atoms with Crippen LogP contribution in [0.3, 0.4) is 0 Å². The van der Waals surface area contributed by atoms with E-state index >= 15 is 0 Å². The monoisotopic (exact) mass is 416 g/mol. The molecule has 1 saturated heterocycles. The zero-order valence-corrected chi connectivity index (χ0v) is 17.1. The minimum absolute atomic E-state index is 0.0558. The van der Waals surface area contributed by atoms with Gasteiger partial charge in [-0.1, -0.05) is 6.07 Å². The summed E-state index contributed by atoms with van der Waals surface area (Å²) >= 11 is 0. The Hall–Kier alpha value is -2.83. The van der Waals surface area contributed by atoms with Crippen LogP contribution in [0.4, 0.5) is 8.78 Å². The highest BCUT2D eigenvalue weighted by Gasteiger charge is 2.45. The number of pyridine rings is 1. The summed E-state index contributed by atoms with van der Waals surface area (Å²) in [5.74, 6) is -1.86. The highest BCUT2D eigenvalue weighted by Crippen LogP contribution is 2.36. The number of halogens is 2. The second-order valence-corrected chi connectivity index (χ2v) is 7.69. The Morgan fingerprint density at radius 1 is 1.20 bits per heavy atom. The summed E-state index contributed by atoms with van der Waals surface area (Å²) in [4.78, 5) is 31.4. The Bertz CT molecular complexity index is 891. The van der Waals surface area contributed by atoms with Crippen molar-refractivity contribution in [1.82, 2.24) is 9.88 Å². The SMILES string of the molecule is CCOC(=O)[C@]1(Cc2ccc(F)cc2F)CCCN(C(=O)CCc2ccncc2)C1. The summed E-state index contributed by atoms with van der Waals surface area (Å²) in [7, 11) is 0. The average molecular weight is 416 g/mol. The molecule has 5 nitrogen and oxygen atoms in total. The summed E-state index contributed by atoms with van der Waals surface area (Å²) < 4.78 is 32.9. The van der Waals surface area contributed by atoms with Gasteiger partial charge >= 0.3 is 5.97 Å². The molecular weight excluding hydrogens is 390 g/mol. The number of piperidine rings is 1. The Morgan fingerprint density at radius 2 is 1.97 bits per heavy atom. The van der Waals surface area contributed by atoms with Gasteiger partial charge in [-0.05, 0) is 61.9 Å². The summed E-state index contributed by atoms with van der Waals surface area (Å²) in [6.45, 7) is 2.62. The number of aromatic nitrogens is 1. The van der Waals surface area contributed by atoms with E-state index in [0.717, 1.165) is 11.6 Å². The van der Waals surface area contributed by atoms with E-state index in [1.165, 1.54) is 12.1 Å². The lowest BCUT2D eigenvalue weighted by Crippen LogP contribution is -2.51. The molecule has 1 aliphatic rings. The van der Waals surface area contributed by atoms with Crippen molar-refractivity contribution in [3.05, 3.63) is 65.5 Å². The average Bonchev–Trinajstić information content (AvgIpc) is 2.75. The first kappa shape index (κ1) is 21.9. The number of ether oxygens (including phenoxy) is 1. The molecule has 1 amide bonds. The highest BCUT2D eigenvalue weighted by atomic mass is 19.1. The first-order chi connectivity index (χ1) is 14.4. The largest absolute Gasteiger partial charge is 0.466 e. The van der Waals surface area contributed by atoms with Gasteiger partial charge in [-0.2, -0.15) is 0 Å². The Balaban J connectivity index is 1.76. The zero-order valence-electron chi connectivity index (χ0n) is 17.1. The lowest BCUT2D eigenvalue weighted by molar-refractivity contribution is -0.160. The standard InChI is InChI=1S/C23H26F2N2O3/c1-2-30-22(29)23(15-18-5-6-19(24)14-20(18)25)10-3-13-27(16-23)21(28)7-4-17-8-11-26-12-9-17/h5-6,8-9,11-12,14H,2-4,7,10,13,15-16H2,1H3/t23-/m0/s1. The number of hydrogen-bond donors (Lipinski definition) is 0. The zero-order chi connectivity index (χ0) is 21.6. The maximum Gasteiger partial charge on any atom is 0.314 e. The fraction of sp³-hybridized carbons (Fsp3) is 0.435. The van der Waals surface area contributed by atoms with Gasteiger partial charge < -0.3 is 9.64 Å². The predicted molar refractivity (Wildman–Crippen MR) is 108 cm³/mol. The van der Waals surface area contributed by atoms with Crippen molar-refractivity contribution in [2.75, 3.05) is 19.7 Å². The maximum atomic E-state index is 14.3. The van der Waals surface area contributed by atoms with Gasteiger partial charge in [0.15, 0.2) is 0 Å². The molecule has 0 bridgehead atoms. The molecule has 0 radical (unpaired) electrons. The van der Waals surface area contributed by atoms with Gasteiger partial charge in [0.2, 0.25) is 5.91 Å². The van der Waals surface area contributed by atoms with Crippen LogP contribution < -0.4 is 0 Å². The molecule has 1 aromatic heterocycles. The van der Waals surface area contributed by atoms with Gasteiger partial charge in [0.1, 0.15) is 11.6 Å². The van der Waals surface area contributed by atoms with Gasteiger partial charge in [0, 0.05) is 38.0 Å². The summed E-state index contributed by atoms with van der Waals surface area (Å²) in [5.41, 5.74) is 0.218. The molecule has 1 aliphatic heterocycles. The fourth-order valence-electron chi connectivity index (χ4n) is 4.00. The van der Waals surface area contributed by atoms with Crippen molar-refractivity contribution < 1.29 is 23.1 Å². The smallest absolute Gasteiger partial charge is 0.314 e. The van der Waals surface area contributed by atoms with Crippen LogP contribution in [0, 0.1) is 17.0 Å². The van der Waals surface area contributed by atoms with Crippen LogP contribution in [0.2, 0.25) is 0 Å². The molecule has 30 heavy (non-hydrogen) atoms. The molecule has 1 fully saturated rings. The van der Waals surface area contributed by atoms with E-state index < -0.39 is 23.0 Å². The van der Waals surface area contributed by atoms with Crippen LogP contribution >= 0.6 is 0 Å². The molecule has 1 atom stereocenters. The molecule has 3 rings (SSSR count). The van der Waals surface area contributed by atoms with E-state index in [2.05, 4.69) is 4.98 Å². The van der Waals surface area contributed by atoms with Crippen LogP contribution in [0.25, 0.3) is 0 Å². The molecule has 7 heteroatoms. The summed E-state index contributed by atoms with van der Waals surface area (Å²) in [6, 6.07) is 7.08. The summed E-state index contributed by atoms with van der Waals surface area (Å²) in [5, 5.41) is 0. The Morgan fingerprint density at radius 3 is 2.67 bits per heavy atom. The number of likely N-dealkylation sites (tertiary alicyclic amines) is 1. The molecule has 2 heterocycles. The molecule has 0 unspecified atom stereocenters. The van der Waals surface area contributed by atoms with Crippen molar-refractivity contribution in [1.29, 1.82) is 0 Å². The molecule has 0 aliphatic carbocycles. The topological polar surface area (TPSA) is 59.5 Å². The third-order valence-corrected chi connectivity index (χ3v) is 5.56. The Kier molecular flexibility index (Phi) is 7.13. The number of rotatable bonds is 7. The minimum atomic E-state index is -1.04. The van der Waals surface area contributed by atoms with Crippen LogP contribution in [0.15, 0.2) is 42.7 Å². The normalized spacial score (nSPS) is 18.8. The van der Waals surface area contributed by atoms with Crippen molar-refractivity contribution in [2.45, 2.75) is 39.0 Å². The van der Waals surface area contributed by atoms with E-state index in [4.69, 9.17) is 4.74 Å². The fourth-order valence-corrected chi connectivity index (χ4v) is 4.00. The van der Waals surface area contributed by atoms with Gasteiger partial charge in [0.05, 0.1) is 12.0 Å². The quantitative estimate of drug-likeness (QED) is 0.646. The van der Waals surface area contributed by atoms with Gasteiger partial charge in [-0.15, -0.1) is 0 Å². The van der Waals surface area contributed by atoms with Crippen molar-refractivity contribution in [3.63, 3.8) is 0 Å². The minimum Gasteiger partial charge on any atom is -0.466 e. The number of benzene rings is 1. The number of carbonyl (C=O) groups is 2. The van der Waals surface area contributed by atoms with Gasteiger partial charge in [-0.3, -0.25) is 14.6 Å². The van der Waals surface area contributed by atoms with E-state index in [1.807, 2.05) is 12.1 Å². The number of esters is 1. The molecule has 0 N–H and O–H groups in total. The Labute approximate surface area is 175 Å². The number of nitrogens with zero attached hydrogens (tertiary/aromatic N) is 2. The first-order valence-electron chi connectivity index (χ1n) is 10.2.